The molecule has 1 heterocycles. The summed E-state index contributed by atoms with van der Waals surface area (Å²) in [5, 5.41) is 0. The summed E-state index contributed by atoms with van der Waals surface area (Å²) in [6, 6.07) is 19.1. The van der Waals surface area contributed by atoms with Gasteiger partial charge in [0.25, 0.3) is 0 Å². The second-order valence-electron chi connectivity index (χ2n) is 9.86. The Hall–Kier alpha value is -1.29. The van der Waals surface area contributed by atoms with Gasteiger partial charge in [-0.3, -0.25) is 0 Å². The van der Waals surface area contributed by atoms with E-state index in [1.807, 2.05) is 6.07 Å². The van der Waals surface area contributed by atoms with Gasteiger partial charge in [-0.25, -0.2) is 0 Å². The van der Waals surface area contributed by atoms with Crippen molar-refractivity contribution in [3.63, 3.8) is 0 Å². The van der Waals surface area contributed by atoms with Crippen molar-refractivity contribution in [3.8, 4) is 0 Å². The molecule has 3 aliphatic rings. The number of carbonyl (C=O) groups is 1. The Morgan fingerprint density at radius 1 is 1.00 bits per heavy atom. The fourth-order valence-electron chi connectivity index (χ4n) is 6.92. The van der Waals surface area contributed by atoms with Crippen LogP contribution in [-0.2, 0) is 12.1 Å². The number of nitrogens with zero attached hydrogens (tertiary/aromatic N) is 1. The minimum absolute atomic E-state index is 0.0409. The zero-order valence-corrected chi connectivity index (χ0v) is 19.5. The first kappa shape index (κ1) is 17.8. The van der Waals surface area contributed by atoms with Crippen LogP contribution >= 0.6 is 0 Å². The average molecular weight is 466 g/mol. The van der Waals surface area contributed by atoms with Crippen LogP contribution in [0.25, 0.3) is 0 Å². The van der Waals surface area contributed by atoms with Gasteiger partial charge in [0.05, 0.1) is 0 Å². The van der Waals surface area contributed by atoms with Gasteiger partial charge in [-0.15, -0.1) is 0 Å². The molecule has 1 amide bonds. The van der Waals surface area contributed by atoms with Crippen molar-refractivity contribution in [2.45, 2.75) is 50.1 Å². The molecule has 2 aromatic carbocycles. The molecule has 3 heteroatoms. The number of amides is 1. The van der Waals surface area contributed by atoms with Gasteiger partial charge < -0.3 is 0 Å². The summed E-state index contributed by atoms with van der Waals surface area (Å²) in [6.45, 7) is 0.746. The maximum absolute atomic E-state index is 13.7. The van der Waals surface area contributed by atoms with E-state index in [0.717, 1.165) is 22.0 Å². The normalized spacial score (nSPS) is 31.7. The predicted octanol–water partition coefficient (Wildman–Crippen LogP) is 5.68. The van der Waals surface area contributed by atoms with E-state index in [1.165, 1.54) is 30.4 Å². The topological polar surface area (TPSA) is 20.3 Å². The SMILES string of the molecule is [CH3][Sn]([CH3])([CH3])[CH]1C2CCC(C2)C12c1ccccc1C(=O)N2Cc1ccccc1. The summed E-state index contributed by atoms with van der Waals surface area (Å²) in [4.78, 5) is 23.8. The molecular formula is C24H29NOSn. The van der Waals surface area contributed by atoms with E-state index in [9.17, 15) is 4.79 Å². The van der Waals surface area contributed by atoms with Crippen LogP contribution in [0, 0.1) is 11.8 Å². The first-order chi connectivity index (χ1) is 12.9. The molecule has 2 nitrogen and oxygen atoms in total. The molecule has 2 fully saturated rings. The molecular weight excluding hydrogens is 437 g/mol. The third kappa shape index (κ3) is 2.41. The van der Waals surface area contributed by atoms with E-state index in [2.05, 4.69) is 68.2 Å². The summed E-state index contributed by atoms with van der Waals surface area (Å²) in [5.41, 5.74) is 3.54. The number of fused-ring (bicyclic) bond motifs is 5. The van der Waals surface area contributed by atoms with Crippen LogP contribution in [0.1, 0.15) is 40.7 Å². The van der Waals surface area contributed by atoms with Gasteiger partial charge >= 0.3 is 167 Å². The van der Waals surface area contributed by atoms with Crippen LogP contribution in [0.2, 0.25) is 18.8 Å². The van der Waals surface area contributed by atoms with Gasteiger partial charge in [0.2, 0.25) is 0 Å². The van der Waals surface area contributed by atoms with Gasteiger partial charge in [0.15, 0.2) is 0 Å². The molecule has 4 atom stereocenters. The van der Waals surface area contributed by atoms with Crippen molar-refractivity contribution in [1.82, 2.24) is 4.90 Å². The van der Waals surface area contributed by atoms with Crippen LogP contribution in [0.5, 0.6) is 0 Å². The third-order valence-electron chi connectivity index (χ3n) is 7.44. The van der Waals surface area contributed by atoms with Gasteiger partial charge in [0, 0.05) is 0 Å². The molecule has 140 valence electrons. The van der Waals surface area contributed by atoms with Crippen LogP contribution in [0.15, 0.2) is 54.6 Å². The Morgan fingerprint density at radius 2 is 1.70 bits per heavy atom. The Balaban J connectivity index is 1.72. The van der Waals surface area contributed by atoms with Crippen LogP contribution in [0.4, 0.5) is 0 Å². The Morgan fingerprint density at radius 3 is 2.44 bits per heavy atom. The van der Waals surface area contributed by atoms with Crippen molar-refractivity contribution in [1.29, 1.82) is 0 Å². The Bertz CT molecular complexity index is 887. The average Bonchev–Trinajstić information content (AvgIpc) is 3.31. The van der Waals surface area contributed by atoms with E-state index in [4.69, 9.17) is 0 Å². The first-order valence-corrected chi connectivity index (χ1v) is 20.6. The molecule has 2 saturated carbocycles. The second-order valence-corrected chi connectivity index (χ2v) is 25.1. The summed E-state index contributed by atoms with van der Waals surface area (Å²) in [6.07, 6.45) is 3.99. The summed E-state index contributed by atoms with van der Waals surface area (Å²) in [5.74, 6) is 1.73. The number of carbonyl (C=O) groups excluding carboxylic acids is 1. The molecule has 1 spiro atoms. The summed E-state index contributed by atoms with van der Waals surface area (Å²) in [7, 11) is 0. The predicted molar refractivity (Wildman–Crippen MR) is 112 cm³/mol. The van der Waals surface area contributed by atoms with E-state index in [-0.39, 0.29) is 11.4 Å². The third-order valence-corrected chi connectivity index (χ3v) is 15.4. The fourth-order valence-corrected chi connectivity index (χ4v) is 17.2. The van der Waals surface area contributed by atoms with Gasteiger partial charge in [0.1, 0.15) is 0 Å². The van der Waals surface area contributed by atoms with Crippen molar-refractivity contribution < 1.29 is 4.79 Å². The van der Waals surface area contributed by atoms with Crippen LogP contribution in [-0.4, -0.2) is 29.2 Å². The van der Waals surface area contributed by atoms with Gasteiger partial charge in [-0.05, 0) is 0 Å². The second kappa shape index (κ2) is 6.10. The van der Waals surface area contributed by atoms with Gasteiger partial charge in [-0.2, -0.15) is 0 Å². The summed E-state index contributed by atoms with van der Waals surface area (Å²) < 4.78 is 0.724. The maximum atomic E-state index is 13.7. The fraction of sp³-hybridized carbons (Fsp3) is 0.458. The molecule has 0 saturated heterocycles. The van der Waals surface area contributed by atoms with E-state index in [1.54, 1.807) is 0 Å². The van der Waals surface area contributed by atoms with Crippen molar-refractivity contribution in [3.05, 3.63) is 71.3 Å². The number of benzene rings is 2. The number of hydrogen-bond acceptors (Lipinski definition) is 1. The molecule has 0 N–H and O–H groups in total. The molecule has 1 aliphatic heterocycles. The molecule has 2 bridgehead atoms. The molecule has 5 rings (SSSR count). The number of hydrogen-bond donors (Lipinski definition) is 0. The quantitative estimate of drug-likeness (QED) is 0.534. The first-order valence-electron chi connectivity index (χ1n) is 10.4. The Kier molecular flexibility index (Phi) is 4.02. The number of rotatable bonds is 3. The molecule has 4 unspecified atom stereocenters. The van der Waals surface area contributed by atoms with Gasteiger partial charge in [-0.1, -0.05) is 0 Å². The molecule has 27 heavy (non-hydrogen) atoms. The van der Waals surface area contributed by atoms with E-state index >= 15 is 0 Å². The van der Waals surface area contributed by atoms with Crippen LogP contribution in [0.3, 0.4) is 0 Å². The zero-order chi connectivity index (χ0) is 18.8. The molecule has 0 radical (unpaired) electrons. The van der Waals surface area contributed by atoms with Crippen molar-refractivity contribution in [2.24, 2.45) is 11.8 Å². The Labute approximate surface area is 166 Å². The zero-order valence-electron chi connectivity index (χ0n) is 16.6. The van der Waals surface area contributed by atoms with Crippen molar-refractivity contribution >= 4 is 24.3 Å². The molecule has 2 aliphatic carbocycles. The van der Waals surface area contributed by atoms with Crippen molar-refractivity contribution in [2.75, 3.05) is 0 Å². The molecule has 0 aromatic heterocycles. The van der Waals surface area contributed by atoms with Crippen LogP contribution < -0.4 is 0 Å². The van der Waals surface area contributed by atoms with E-state index < -0.39 is 18.4 Å². The molecule has 2 aromatic rings. The summed E-state index contributed by atoms with van der Waals surface area (Å²) >= 11 is -2.31. The minimum atomic E-state index is -2.31. The monoisotopic (exact) mass is 467 g/mol. The standard InChI is InChI=1S/C21H20NO.3CH3.Sn/c23-20-18-8-4-5-9-19(18)21(13-16-10-11-17(21)12-16)22(20)14-15-6-2-1-3-7-15;;;;/h1-9,13,16-17H,10-12,14H2;3*1H3;. The van der Waals surface area contributed by atoms with E-state index in [0.29, 0.717) is 5.92 Å².